The van der Waals surface area contributed by atoms with Crippen molar-refractivity contribution in [2.75, 3.05) is 17.4 Å². The van der Waals surface area contributed by atoms with Crippen molar-refractivity contribution in [2.45, 2.75) is 0 Å². The highest BCUT2D eigenvalue weighted by Gasteiger charge is 2.15. The number of benzene rings is 2. The summed E-state index contributed by atoms with van der Waals surface area (Å²) in [5.74, 6) is -2.49. The molecular formula is C17H11F3N4O2. The maximum absolute atomic E-state index is 13.8. The Morgan fingerprint density at radius 3 is 2.62 bits per heavy atom. The summed E-state index contributed by atoms with van der Waals surface area (Å²) in [5, 5.41) is 5.56. The van der Waals surface area contributed by atoms with Crippen molar-refractivity contribution in [2.24, 2.45) is 0 Å². The molecule has 0 saturated carbocycles. The van der Waals surface area contributed by atoms with Crippen LogP contribution >= 0.6 is 0 Å². The topological polar surface area (TPSA) is 68.3 Å². The Labute approximate surface area is 145 Å². The van der Waals surface area contributed by atoms with E-state index in [1.807, 2.05) is 0 Å². The van der Waals surface area contributed by atoms with E-state index in [4.69, 9.17) is 9.47 Å². The molecule has 2 N–H and O–H groups in total. The molecule has 4 rings (SSSR count). The van der Waals surface area contributed by atoms with Crippen LogP contribution in [0.5, 0.6) is 11.5 Å². The van der Waals surface area contributed by atoms with E-state index in [1.54, 1.807) is 18.2 Å². The van der Waals surface area contributed by atoms with Gasteiger partial charge in [0.2, 0.25) is 12.7 Å². The van der Waals surface area contributed by atoms with E-state index in [9.17, 15) is 13.2 Å². The second-order valence-corrected chi connectivity index (χ2v) is 5.31. The van der Waals surface area contributed by atoms with Crippen LogP contribution in [0.4, 0.5) is 36.3 Å². The number of nitrogens with one attached hydrogen (secondary N) is 2. The Morgan fingerprint density at radius 2 is 1.73 bits per heavy atom. The van der Waals surface area contributed by atoms with Gasteiger partial charge in [-0.1, -0.05) is 0 Å². The highest BCUT2D eigenvalue weighted by atomic mass is 19.2. The highest BCUT2D eigenvalue weighted by Crippen LogP contribution is 2.34. The maximum atomic E-state index is 13.8. The molecule has 0 unspecified atom stereocenters. The van der Waals surface area contributed by atoms with Crippen molar-refractivity contribution < 1.29 is 22.6 Å². The van der Waals surface area contributed by atoms with Crippen molar-refractivity contribution in [3.05, 3.63) is 60.0 Å². The molecule has 6 nitrogen and oxygen atoms in total. The number of hydrogen-bond acceptors (Lipinski definition) is 6. The Balaban J connectivity index is 1.54. The standard InChI is InChI=1S/C17H11F3N4O2/c18-10-2-3-11(16(20)15(10)19)23-14-5-6-21-17(24-14)22-9-1-4-12-13(7-9)26-8-25-12/h1-7H,8H2,(H2,21,22,23,24). The Morgan fingerprint density at radius 1 is 0.885 bits per heavy atom. The summed E-state index contributed by atoms with van der Waals surface area (Å²) in [7, 11) is 0. The zero-order chi connectivity index (χ0) is 18.1. The summed E-state index contributed by atoms with van der Waals surface area (Å²) >= 11 is 0. The first kappa shape index (κ1) is 16.0. The number of aromatic nitrogens is 2. The van der Waals surface area contributed by atoms with Gasteiger partial charge in [-0.25, -0.2) is 18.2 Å². The van der Waals surface area contributed by atoms with E-state index in [-0.39, 0.29) is 24.2 Å². The van der Waals surface area contributed by atoms with Crippen LogP contribution < -0.4 is 20.1 Å². The zero-order valence-electron chi connectivity index (χ0n) is 13.1. The number of fused-ring (bicyclic) bond motifs is 1. The monoisotopic (exact) mass is 360 g/mol. The number of ether oxygens (including phenoxy) is 2. The molecule has 1 aliphatic rings. The lowest BCUT2D eigenvalue weighted by atomic mass is 10.2. The number of nitrogens with zero attached hydrogens (tertiary/aromatic N) is 2. The van der Waals surface area contributed by atoms with Crippen molar-refractivity contribution >= 4 is 23.1 Å². The molecule has 0 fully saturated rings. The molecule has 0 amide bonds. The second kappa shape index (κ2) is 6.43. The first-order valence-electron chi connectivity index (χ1n) is 7.50. The van der Waals surface area contributed by atoms with E-state index < -0.39 is 17.5 Å². The van der Waals surface area contributed by atoms with E-state index in [1.165, 1.54) is 12.3 Å². The predicted octanol–water partition coefficient (Wildman–Crippen LogP) is 4.11. The molecule has 0 radical (unpaired) electrons. The van der Waals surface area contributed by atoms with E-state index in [0.29, 0.717) is 17.2 Å². The van der Waals surface area contributed by atoms with Gasteiger partial charge in [0.1, 0.15) is 5.82 Å². The summed E-state index contributed by atoms with van der Waals surface area (Å²) in [5.41, 5.74) is 0.419. The molecule has 9 heteroatoms. The minimum Gasteiger partial charge on any atom is -0.454 e. The van der Waals surface area contributed by atoms with Crippen molar-refractivity contribution in [1.29, 1.82) is 0 Å². The largest absolute Gasteiger partial charge is 0.454 e. The molecule has 0 bridgehead atoms. The highest BCUT2D eigenvalue weighted by molar-refractivity contribution is 5.62. The van der Waals surface area contributed by atoms with Gasteiger partial charge >= 0.3 is 0 Å². The van der Waals surface area contributed by atoms with Crippen molar-refractivity contribution in [1.82, 2.24) is 9.97 Å². The van der Waals surface area contributed by atoms with Gasteiger partial charge in [-0.05, 0) is 30.3 Å². The van der Waals surface area contributed by atoms with E-state index in [0.717, 1.165) is 12.1 Å². The molecule has 132 valence electrons. The summed E-state index contributed by atoms with van der Waals surface area (Å²) in [4.78, 5) is 8.22. The quantitative estimate of drug-likeness (QED) is 0.683. The van der Waals surface area contributed by atoms with Crippen LogP contribution in [-0.4, -0.2) is 16.8 Å². The fraction of sp³-hybridized carbons (Fsp3) is 0.0588. The van der Waals surface area contributed by atoms with Gasteiger partial charge in [0.25, 0.3) is 0 Å². The predicted molar refractivity (Wildman–Crippen MR) is 87.5 cm³/mol. The smallest absolute Gasteiger partial charge is 0.231 e. The summed E-state index contributed by atoms with van der Waals surface area (Å²) < 4.78 is 50.6. The number of anilines is 4. The molecule has 0 saturated heterocycles. The first-order valence-corrected chi connectivity index (χ1v) is 7.50. The summed E-state index contributed by atoms with van der Waals surface area (Å²) in [6.07, 6.45) is 1.43. The van der Waals surface area contributed by atoms with Crippen molar-refractivity contribution in [3.8, 4) is 11.5 Å². The molecule has 26 heavy (non-hydrogen) atoms. The average molecular weight is 360 g/mol. The van der Waals surface area contributed by atoms with E-state index >= 15 is 0 Å². The molecule has 1 aromatic heterocycles. The lowest BCUT2D eigenvalue weighted by molar-refractivity contribution is 0.174. The number of halogens is 3. The lowest BCUT2D eigenvalue weighted by Crippen LogP contribution is -2.03. The Kier molecular flexibility index (Phi) is 3.96. The summed E-state index contributed by atoms with van der Waals surface area (Å²) in [6.45, 7) is 0.161. The van der Waals surface area contributed by atoms with Gasteiger partial charge in [0.05, 0.1) is 5.69 Å². The molecular weight excluding hydrogens is 349 g/mol. The molecule has 0 aliphatic carbocycles. The molecule has 0 atom stereocenters. The fourth-order valence-electron chi connectivity index (χ4n) is 2.35. The third-order valence-corrected chi connectivity index (χ3v) is 3.58. The van der Waals surface area contributed by atoms with Crippen molar-refractivity contribution in [3.63, 3.8) is 0 Å². The molecule has 2 heterocycles. The molecule has 3 aromatic rings. The van der Waals surface area contributed by atoms with Crippen LogP contribution in [0, 0.1) is 17.5 Å². The minimum absolute atomic E-state index is 0.161. The average Bonchev–Trinajstić information content (AvgIpc) is 3.10. The normalized spacial score (nSPS) is 12.1. The van der Waals surface area contributed by atoms with Gasteiger partial charge in [-0.3, -0.25) is 0 Å². The van der Waals surface area contributed by atoms with E-state index in [2.05, 4.69) is 20.6 Å². The van der Waals surface area contributed by atoms with Crippen LogP contribution in [0.25, 0.3) is 0 Å². The fourth-order valence-corrected chi connectivity index (χ4v) is 2.35. The van der Waals surface area contributed by atoms with Gasteiger partial charge in [-0.2, -0.15) is 4.98 Å². The third-order valence-electron chi connectivity index (χ3n) is 3.58. The third kappa shape index (κ3) is 3.06. The number of rotatable bonds is 4. The SMILES string of the molecule is Fc1ccc(Nc2ccnc(Nc3ccc4c(c3)OCO4)n2)c(F)c1F. The molecule has 2 aromatic carbocycles. The van der Waals surface area contributed by atoms with Gasteiger partial charge < -0.3 is 20.1 Å². The zero-order valence-corrected chi connectivity index (χ0v) is 13.1. The Bertz CT molecular complexity index is 984. The van der Waals surface area contributed by atoms with Crippen LogP contribution in [-0.2, 0) is 0 Å². The first-order chi connectivity index (χ1) is 12.6. The van der Waals surface area contributed by atoms with Gasteiger partial charge in [0.15, 0.2) is 29.0 Å². The second-order valence-electron chi connectivity index (χ2n) is 5.31. The molecule has 1 aliphatic heterocycles. The molecule has 0 spiro atoms. The lowest BCUT2D eigenvalue weighted by Gasteiger charge is -2.10. The maximum Gasteiger partial charge on any atom is 0.231 e. The Hall–Kier alpha value is -3.49. The van der Waals surface area contributed by atoms with Gasteiger partial charge in [-0.15, -0.1) is 0 Å². The van der Waals surface area contributed by atoms with Gasteiger partial charge in [0, 0.05) is 18.0 Å². The summed E-state index contributed by atoms with van der Waals surface area (Å²) in [6, 6.07) is 8.59. The van der Waals surface area contributed by atoms with Crippen LogP contribution in [0.2, 0.25) is 0 Å². The van der Waals surface area contributed by atoms with Crippen LogP contribution in [0.15, 0.2) is 42.6 Å². The van der Waals surface area contributed by atoms with Crippen LogP contribution in [0.3, 0.4) is 0 Å². The number of hydrogen-bond donors (Lipinski definition) is 2. The minimum atomic E-state index is -1.55. The van der Waals surface area contributed by atoms with Crippen LogP contribution in [0.1, 0.15) is 0 Å².